The number of esters is 1. The molecule has 0 aliphatic carbocycles. The molecule has 27 heavy (non-hydrogen) atoms. The minimum atomic E-state index is -0.403. The van der Waals surface area contributed by atoms with Gasteiger partial charge in [-0.25, -0.2) is 4.98 Å². The number of aromatic nitrogens is 1. The summed E-state index contributed by atoms with van der Waals surface area (Å²) >= 11 is 6.14. The number of carbonyl (C=O) groups is 2. The van der Waals surface area contributed by atoms with Gasteiger partial charge in [0.05, 0.1) is 17.6 Å². The number of amides is 1. The summed E-state index contributed by atoms with van der Waals surface area (Å²) in [5.74, 6) is 0.820. The fraction of sp³-hybridized carbons (Fsp3) is 0.150. The number of carbonyl (C=O) groups excluding carboxylic acids is 2. The average Bonchev–Trinajstić information content (AvgIpc) is 3.10. The van der Waals surface area contributed by atoms with Crippen LogP contribution in [0.25, 0.3) is 11.3 Å². The second-order valence-corrected chi connectivity index (χ2v) is 6.18. The minimum absolute atomic E-state index is 0.121. The first-order valence-corrected chi connectivity index (χ1v) is 8.67. The molecule has 1 amide bonds. The summed E-state index contributed by atoms with van der Waals surface area (Å²) in [5, 5.41) is 3.21. The number of oxazole rings is 1. The minimum Gasteiger partial charge on any atom is -0.441 e. The van der Waals surface area contributed by atoms with E-state index in [2.05, 4.69) is 10.3 Å². The average molecular weight is 385 g/mol. The van der Waals surface area contributed by atoms with Gasteiger partial charge in [0.15, 0.2) is 11.7 Å². The molecule has 6 nitrogen and oxygen atoms in total. The van der Waals surface area contributed by atoms with Gasteiger partial charge in [-0.1, -0.05) is 23.7 Å². The van der Waals surface area contributed by atoms with Crippen molar-refractivity contribution in [3.05, 3.63) is 65.6 Å². The Morgan fingerprint density at radius 3 is 2.59 bits per heavy atom. The van der Waals surface area contributed by atoms with E-state index in [0.717, 1.165) is 5.56 Å². The molecule has 1 heterocycles. The van der Waals surface area contributed by atoms with Gasteiger partial charge in [0.1, 0.15) is 5.75 Å². The quantitative estimate of drug-likeness (QED) is 0.500. The molecule has 3 aromatic rings. The summed E-state index contributed by atoms with van der Waals surface area (Å²) in [6.07, 6.45) is 2.02. The second kappa shape index (κ2) is 8.51. The Morgan fingerprint density at radius 1 is 1.15 bits per heavy atom. The molecule has 7 heteroatoms. The highest BCUT2D eigenvalue weighted by Crippen LogP contribution is 2.28. The third-order valence-corrected chi connectivity index (χ3v) is 3.97. The summed E-state index contributed by atoms with van der Waals surface area (Å²) in [4.78, 5) is 27.2. The lowest BCUT2D eigenvalue weighted by molar-refractivity contribution is -0.134. The van der Waals surface area contributed by atoms with Crippen molar-refractivity contribution in [1.82, 2.24) is 4.98 Å². The van der Waals surface area contributed by atoms with E-state index in [1.165, 1.54) is 6.92 Å². The molecule has 138 valence electrons. The van der Waals surface area contributed by atoms with Crippen molar-refractivity contribution < 1.29 is 18.7 Å². The molecule has 0 atom stereocenters. The maximum Gasteiger partial charge on any atom is 0.311 e. The third-order valence-electron chi connectivity index (χ3n) is 3.64. The topological polar surface area (TPSA) is 81.4 Å². The van der Waals surface area contributed by atoms with Gasteiger partial charge in [0.25, 0.3) is 0 Å². The van der Waals surface area contributed by atoms with E-state index in [1.54, 1.807) is 36.5 Å². The zero-order valence-corrected chi connectivity index (χ0v) is 15.3. The Kier molecular flexibility index (Phi) is 5.88. The molecule has 0 aliphatic rings. The molecule has 1 aromatic heterocycles. The van der Waals surface area contributed by atoms with Crippen LogP contribution in [0.4, 0.5) is 5.69 Å². The molecule has 0 saturated heterocycles. The zero-order chi connectivity index (χ0) is 19.2. The third kappa shape index (κ3) is 5.18. The number of anilines is 1. The molecule has 2 aromatic carbocycles. The van der Waals surface area contributed by atoms with Crippen molar-refractivity contribution in [2.75, 3.05) is 5.32 Å². The molecular formula is C20H17ClN2O4. The molecule has 0 spiro atoms. The van der Waals surface area contributed by atoms with Gasteiger partial charge in [-0.05, 0) is 36.4 Å². The van der Waals surface area contributed by atoms with E-state index in [0.29, 0.717) is 34.5 Å². The van der Waals surface area contributed by atoms with Crippen molar-refractivity contribution in [3.8, 4) is 17.1 Å². The highest BCUT2D eigenvalue weighted by atomic mass is 35.5. The Hall–Kier alpha value is -3.12. The van der Waals surface area contributed by atoms with Crippen LogP contribution in [0.1, 0.15) is 19.2 Å². The summed E-state index contributed by atoms with van der Waals surface area (Å²) in [7, 11) is 0. The number of rotatable bonds is 6. The Morgan fingerprint density at radius 2 is 1.89 bits per heavy atom. The smallest absolute Gasteiger partial charge is 0.311 e. The molecule has 3 rings (SSSR count). The van der Waals surface area contributed by atoms with Gasteiger partial charge >= 0.3 is 5.97 Å². The fourth-order valence-electron chi connectivity index (χ4n) is 2.41. The highest BCUT2D eigenvalue weighted by Gasteiger charge is 2.12. The molecule has 0 bridgehead atoms. The zero-order valence-electron chi connectivity index (χ0n) is 14.6. The van der Waals surface area contributed by atoms with Crippen molar-refractivity contribution in [2.24, 2.45) is 0 Å². The highest BCUT2D eigenvalue weighted by molar-refractivity contribution is 6.33. The Labute approximate surface area is 161 Å². The van der Waals surface area contributed by atoms with Crippen LogP contribution in [-0.2, 0) is 16.0 Å². The lowest BCUT2D eigenvalue weighted by atomic mass is 10.2. The van der Waals surface area contributed by atoms with Gasteiger partial charge in [-0.2, -0.15) is 0 Å². The lowest BCUT2D eigenvalue weighted by Crippen LogP contribution is -2.09. The van der Waals surface area contributed by atoms with E-state index in [9.17, 15) is 9.59 Å². The van der Waals surface area contributed by atoms with E-state index in [-0.39, 0.29) is 12.3 Å². The van der Waals surface area contributed by atoms with Gasteiger partial charge in [0.2, 0.25) is 5.91 Å². The first-order valence-electron chi connectivity index (χ1n) is 8.29. The van der Waals surface area contributed by atoms with Crippen LogP contribution in [-0.4, -0.2) is 16.9 Å². The van der Waals surface area contributed by atoms with E-state index < -0.39 is 5.97 Å². The van der Waals surface area contributed by atoms with Crippen molar-refractivity contribution >= 4 is 29.2 Å². The number of ether oxygens (including phenoxy) is 1. The Bertz CT molecular complexity index is 951. The largest absolute Gasteiger partial charge is 0.441 e. The van der Waals surface area contributed by atoms with E-state index >= 15 is 0 Å². The van der Waals surface area contributed by atoms with E-state index in [4.69, 9.17) is 20.8 Å². The molecule has 0 unspecified atom stereocenters. The van der Waals surface area contributed by atoms with Crippen molar-refractivity contribution in [3.63, 3.8) is 0 Å². The SMILES string of the molecule is CC(=O)Nc1ccc(OC(=O)CCc2ncc(-c3ccccc3Cl)o2)cc1. The monoisotopic (exact) mass is 384 g/mol. The number of hydrogen-bond acceptors (Lipinski definition) is 5. The summed E-state index contributed by atoms with van der Waals surface area (Å²) in [6.45, 7) is 1.42. The first kappa shape index (κ1) is 18.7. The van der Waals surface area contributed by atoms with Crippen LogP contribution < -0.4 is 10.1 Å². The second-order valence-electron chi connectivity index (χ2n) is 5.78. The Balaban J connectivity index is 1.54. The number of aryl methyl sites for hydroxylation is 1. The van der Waals surface area contributed by atoms with E-state index in [1.807, 2.05) is 18.2 Å². The molecule has 1 N–H and O–H groups in total. The maximum atomic E-state index is 12.0. The van der Waals surface area contributed by atoms with Crippen LogP contribution in [0.15, 0.2) is 59.1 Å². The van der Waals surface area contributed by atoms with Crippen molar-refractivity contribution in [2.45, 2.75) is 19.8 Å². The predicted molar refractivity (Wildman–Crippen MR) is 102 cm³/mol. The van der Waals surface area contributed by atoms with Crippen molar-refractivity contribution in [1.29, 1.82) is 0 Å². The van der Waals surface area contributed by atoms with Crippen LogP contribution >= 0.6 is 11.6 Å². The molecule has 0 fully saturated rings. The number of nitrogens with one attached hydrogen (secondary N) is 1. The molecular weight excluding hydrogens is 368 g/mol. The van der Waals surface area contributed by atoms with Gasteiger partial charge < -0.3 is 14.5 Å². The lowest BCUT2D eigenvalue weighted by Gasteiger charge is -2.05. The number of nitrogens with zero attached hydrogens (tertiary/aromatic N) is 1. The summed E-state index contributed by atoms with van der Waals surface area (Å²) in [6, 6.07) is 13.9. The molecule has 0 saturated carbocycles. The summed E-state index contributed by atoms with van der Waals surface area (Å²) in [5.41, 5.74) is 1.38. The predicted octanol–water partition coefficient (Wildman–Crippen LogP) is 4.49. The van der Waals surface area contributed by atoms with Crippen LogP contribution in [0.3, 0.4) is 0 Å². The van der Waals surface area contributed by atoms with Gasteiger partial charge in [0, 0.05) is 24.6 Å². The fourth-order valence-corrected chi connectivity index (χ4v) is 2.64. The van der Waals surface area contributed by atoms with Crippen LogP contribution in [0.5, 0.6) is 5.75 Å². The van der Waals surface area contributed by atoms with Crippen LogP contribution in [0.2, 0.25) is 5.02 Å². The molecule has 0 radical (unpaired) electrons. The summed E-state index contributed by atoms with van der Waals surface area (Å²) < 4.78 is 10.9. The van der Waals surface area contributed by atoms with Gasteiger partial charge in [-0.15, -0.1) is 0 Å². The normalized spacial score (nSPS) is 10.4. The number of halogens is 1. The first-order chi connectivity index (χ1) is 13.0. The maximum absolute atomic E-state index is 12.0. The number of benzene rings is 2. The number of hydrogen-bond donors (Lipinski definition) is 1. The molecule has 0 aliphatic heterocycles. The van der Waals surface area contributed by atoms with Gasteiger partial charge in [-0.3, -0.25) is 9.59 Å². The standard InChI is InChI=1S/C20H17ClN2O4/c1-13(24)23-14-6-8-15(9-7-14)26-20(25)11-10-19-22-12-18(27-19)16-4-2-3-5-17(16)21/h2-9,12H,10-11H2,1H3,(H,23,24). The van der Waals surface area contributed by atoms with Crippen LogP contribution in [0, 0.1) is 0 Å².